The molecule has 0 amide bonds. The van der Waals surface area contributed by atoms with Crippen LogP contribution in [0.25, 0.3) is 11.1 Å². The molecule has 100 valence electrons. The van der Waals surface area contributed by atoms with Gasteiger partial charge in [0.25, 0.3) is 0 Å². The number of hydrogen-bond donors (Lipinski definition) is 0. The summed E-state index contributed by atoms with van der Waals surface area (Å²) in [5, 5.41) is 0. The van der Waals surface area contributed by atoms with Crippen LogP contribution in [0.3, 0.4) is 0 Å². The number of halogens is 1. The van der Waals surface area contributed by atoms with E-state index in [4.69, 9.17) is 0 Å². The Morgan fingerprint density at radius 3 is 2.11 bits per heavy atom. The molecule has 0 radical (unpaired) electrons. The van der Waals surface area contributed by atoms with Crippen LogP contribution in [0.15, 0.2) is 48.5 Å². The Bertz CT molecular complexity index is 532. The van der Waals surface area contributed by atoms with Gasteiger partial charge in [0, 0.05) is 5.56 Å². The molecule has 2 aromatic rings. The van der Waals surface area contributed by atoms with Gasteiger partial charge in [0.05, 0.1) is 0 Å². The Morgan fingerprint density at radius 1 is 0.895 bits per heavy atom. The second kappa shape index (κ2) is 5.56. The summed E-state index contributed by atoms with van der Waals surface area (Å²) in [7, 11) is 0. The van der Waals surface area contributed by atoms with E-state index in [1.807, 2.05) is 24.3 Å². The summed E-state index contributed by atoms with van der Waals surface area (Å²) in [6, 6.07) is 15.1. The third-order valence-corrected chi connectivity index (χ3v) is 3.30. The van der Waals surface area contributed by atoms with Crippen molar-refractivity contribution in [3.63, 3.8) is 0 Å². The van der Waals surface area contributed by atoms with Gasteiger partial charge < -0.3 is 0 Å². The molecule has 0 saturated heterocycles. The van der Waals surface area contributed by atoms with Crippen LogP contribution in [0.1, 0.15) is 32.8 Å². The summed E-state index contributed by atoms with van der Waals surface area (Å²) in [5.74, 6) is -0.162. The Kier molecular flexibility index (Phi) is 4.04. The van der Waals surface area contributed by atoms with Crippen LogP contribution in [0, 0.1) is 11.2 Å². The van der Waals surface area contributed by atoms with E-state index in [1.165, 1.54) is 11.6 Å². The van der Waals surface area contributed by atoms with E-state index in [1.54, 1.807) is 6.07 Å². The zero-order valence-electron chi connectivity index (χ0n) is 11.9. The van der Waals surface area contributed by atoms with E-state index in [0.29, 0.717) is 11.0 Å². The number of benzene rings is 2. The van der Waals surface area contributed by atoms with Gasteiger partial charge in [-0.3, -0.25) is 0 Å². The van der Waals surface area contributed by atoms with Crippen molar-refractivity contribution in [1.29, 1.82) is 0 Å². The average Bonchev–Trinajstić information content (AvgIpc) is 2.37. The predicted molar refractivity (Wildman–Crippen MR) is 79.6 cm³/mol. The Morgan fingerprint density at radius 2 is 1.53 bits per heavy atom. The van der Waals surface area contributed by atoms with Crippen molar-refractivity contribution in [2.45, 2.75) is 33.6 Å². The fraction of sp³-hybridized carbons (Fsp3) is 0.333. The maximum atomic E-state index is 13.7. The van der Waals surface area contributed by atoms with Crippen LogP contribution < -0.4 is 0 Å². The van der Waals surface area contributed by atoms with Crippen LogP contribution in [-0.4, -0.2) is 0 Å². The molecule has 0 aliphatic rings. The van der Waals surface area contributed by atoms with Crippen molar-refractivity contribution < 1.29 is 4.39 Å². The quantitative estimate of drug-likeness (QED) is 0.683. The fourth-order valence-electron chi connectivity index (χ4n) is 2.07. The lowest BCUT2D eigenvalue weighted by atomic mass is 9.88. The number of hydrogen-bond acceptors (Lipinski definition) is 0. The summed E-state index contributed by atoms with van der Waals surface area (Å²) in [4.78, 5) is 0. The van der Waals surface area contributed by atoms with E-state index >= 15 is 0 Å². The molecule has 0 aromatic heterocycles. The lowest BCUT2D eigenvalue weighted by Gasteiger charge is -2.17. The van der Waals surface area contributed by atoms with Gasteiger partial charge in [-0.15, -0.1) is 0 Å². The van der Waals surface area contributed by atoms with Crippen molar-refractivity contribution >= 4 is 0 Å². The molecule has 0 bridgehead atoms. The molecule has 0 unspecified atom stereocenters. The molecule has 0 aliphatic heterocycles. The molecule has 1 heteroatoms. The van der Waals surface area contributed by atoms with Crippen LogP contribution in [0.2, 0.25) is 0 Å². The van der Waals surface area contributed by atoms with Crippen molar-refractivity contribution in [2.75, 3.05) is 0 Å². The smallest absolute Gasteiger partial charge is 0.131 e. The third kappa shape index (κ3) is 3.92. The normalized spacial score (nSPS) is 11.6. The van der Waals surface area contributed by atoms with Crippen molar-refractivity contribution in [2.24, 2.45) is 5.41 Å². The summed E-state index contributed by atoms with van der Waals surface area (Å²) < 4.78 is 13.7. The average molecular weight is 256 g/mol. The van der Waals surface area contributed by atoms with Gasteiger partial charge in [-0.25, -0.2) is 4.39 Å². The first-order valence-corrected chi connectivity index (χ1v) is 6.79. The zero-order valence-corrected chi connectivity index (χ0v) is 11.9. The zero-order chi connectivity index (χ0) is 13.9. The summed E-state index contributed by atoms with van der Waals surface area (Å²) in [6.45, 7) is 6.75. The third-order valence-electron chi connectivity index (χ3n) is 3.30. The second-order valence-electron chi connectivity index (χ2n) is 6.24. The van der Waals surface area contributed by atoms with Crippen molar-refractivity contribution in [3.8, 4) is 11.1 Å². The molecular formula is C18H21F. The Hall–Kier alpha value is -1.63. The van der Waals surface area contributed by atoms with Crippen molar-refractivity contribution in [1.82, 2.24) is 0 Å². The van der Waals surface area contributed by atoms with Gasteiger partial charge in [0.1, 0.15) is 5.82 Å². The highest BCUT2D eigenvalue weighted by Crippen LogP contribution is 2.25. The van der Waals surface area contributed by atoms with Gasteiger partial charge in [0.15, 0.2) is 0 Å². The molecular weight excluding hydrogens is 235 g/mol. The Labute approximate surface area is 115 Å². The molecule has 19 heavy (non-hydrogen) atoms. The molecule has 0 N–H and O–H groups in total. The standard InChI is InChI=1S/C18H21F/c1-18(2,3)13-12-14-8-10-15(11-9-14)16-6-4-5-7-17(16)19/h4-11H,12-13H2,1-3H3. The monoisotopic (exact) mass is 256 g/mol. The highest BCUT2D eigenvalue weighted by molar-refractivity contribution is 5.64. The van der Waals surface area contributed by atoms with E-state index in [-0.39, 0.29) is 5.82 Å². The first-order valence-electron chi connectivity index (χ1n) is 6.79. The molecule has 0 atom stereocenters. The van der Waals surface area contributed by atoms with Crippen LogP contribution in [0.5, 0.6) is 0 Å². The van der Waals surface area contributed by atoms with Gasteiger partial charge in [-0.2, -0.15) is 0 Å². The van der Waals surface area contributed by atoms with E-state index < -0.39 is 0 Å². The topological polar surface area (TPSA) is 0 Å². The van der Waals surface area contributed by atoms with Crippen molar-refractivity contribution in [3.05, 3.63) is 59.9 Å². The molecule has 2 rings (SSSR count). The molecule has 0 heterocycles. The number of aryl methyl sites for hydroxylation is 1. The first kappa shape index (κ1) is 13.8. The minimum absolute atomic E-state index is 0.162. The molecule has 0 saturated carbocycles. The summed E-state index contributed by atoms with van der Waals surface area (Å²) in [6.07, 6.45) is 2.23. The lowest BCUT2D eigenvalue weighted by molar-refractivity contribution is 0.378. The first-order chi connectivity index (χ1) is 8.96. The van der Waals surface area contributed by atoms with Crippen LogP contribution in [0.4, 0.5) is 4.39 Å². The van der Waals surface area contributed by atoms with E-state index in [2.05, 4.69) is 32.9 Å². The lowest BCUT2D eigenvalue weighted by Crippen LogP contribution is -2.06. The summed E-state index contributed by atoms with van der Waals surface area (Å²) >= 11 is 0. The minimum Gasteiger partial charge on any atom is -0.206 e. The molecule has 0 aliphatic carbocycles. The van der Waals surface area contributed by atoms with Crippen LogP contribution >= 0.6 is 0 Å². The highest BCUT2D eigenvalue weighted by atomic mass is 19.1. The SMILES string of the molecule is CC(C)(C)CCc1ccc(-c2ccccc2F)cc1. The Balaban J connectivity index is 2.13. The molecule has 0 fully saturated rings. The maximum Gasteiger partial charge on any atom is 0.131 e. The summed E-state index contributed by atoms with van der Waals surface area (Å²) in [5.41, 5.74) is 3.28. The van der Waals surface area contributed by atoms with Gasteiger partial charge in [-0.1, -0.05) is 63.2 Å². The molecule has 0 spiro atoms. The van der Waals surface area contributed by atoms with Gasteiger partial charge >= 0.3 is 0 Å². The van der Waals surface area contributed by atoms with Gasteiger partial charge in [0.2, 0.25) is 0 Å². The molecule has 2 aromatic carbocycles. The van der Waals surface area contributed by atoms with E-state index in [0.717, 1.165) is 18.4 Å². The number of rotatable bonds is 3. The highest BCUT2D eigenvalue weighted by Gasteiger charge is 2.10. The van der Waals surface area contributed by atoms with Crippen LogP contribution in [-0.2, 0) is 6.42 Å². The molecule has 0 nitrogen and oxygen atoms in total. The maximum absolute atomic E-state index is 13.7. The second-order valence-corrected chi connectivity index (χ2v) is 6.24. The minimum atomic E-state index is -0.162. The largest absolute Gasteiger partial charge is 0.206 e. The van der Waals surface area contributed by atoms with E-state index in [9.17, 15) is 4.39 Å². The predicted octanol–water partition coefficient (Wildman–Crippen LogP) is 5.47. The van der Waals surface area contributed by atoms with Gasteiger partial charge in [-0.05, 0) is 35.4 Å². The fourth-order valence-corrected chi connectivity index (χ4v) is 2.07.